The third-order valence-electron chi connectivity index (χ3n) is 5.62. The molecule has 1 heterocycles. The van der Waals surface area contributed by atoms with Gasteiger partial charge < -0.3 is 15.2 Å². The Balaban J connectivity index is 1.58. The molecule has 2 aromatic rings. The van der Waals surface area contributed by atoms with Crippen LogP contribution in [0.25, 0.3) is 0 Å². The molecule has 1 fully saturated rings. The molecule has 0 saturated carbocycles. The Morgan fingerprint density at radius 3 is 2.46 bits per heavy atom. The van der Waals surface area contributed by atoms with Crippen LogP contribution in [0.5, 0.6) is 5.75 Å². The summed E-state index contributed by atoms with van der Waals surface area (Å²) >= 11 is 0. The van der Waals surface area contributed by atoms with Crippen LogP contribution in [0, 0.1) is 6.92 Å². The molecule has 0 aromatic heterocycles. The number of aryl methyl sites for hydroxylation is 1. The van der Waals surface area contributed by atoms with Crippen molar-refractivity contribution < 1.29 is 9.47 Å². The zero-order valence-corrected chi connectivity index (χ0v) is 17.5. The summed E-state index contributed by atoms with van der Waals surface area (Å²) in [6.07, 6.45) is 3.12. The number of nitrogens with two attached hydrogens (primary N) is 1. The van der Waals surface area contributed by atoms with Crippen molar-refractivity contribution in [2.45, 2.75) is 44.8 Å². The highest BCUT2D eigenvalue weighted by atomic mass is 16.5. The van der Waals surface area contributed by atoms with Gasteiger partial charge >= 0.3 is 0 Å². The van der Waals surface area contributed by atoms with Crippen LogP contribution < -0.4 is 10.5 Å². The van der Waals surface area contributed by atoms with Gasteiger partial charge in [0, 0.05) is 32.3 Å². The molecule has 0 bridgehead atoms. The van der Waals surface area contributed by atoms with Gasteiger partial charge in [-0.05, 0) is 48.6 Å². The number of likely N-dealkylation sites (tertiary alicyclic amines) is 1. The normalized spacial score (nSPS) is 17.1. The zero-order valence-electron chi connectivity index (χ0n) is 17.5. The van der Waals surface area contributed by atoms with Crippen LogP contribution >= 0.6 is 0 Å². The standard InChI is InChI=1S/C24H34N2O2/c1-4-5-14-28-24(23-9-7-6-8-19(23)2)17-26(18-24)16-21(25)15-20-10-12-22(27-3)13-11-20/h6-13,21H,4-5,14-18,25H2,1-3H3/t21-/m1/s1. The van der Waals surface area contributed by atoms with Crippen molar-refractivity contribution in [1.29, 1.82) is 0 Å². The first-order chi connectivity index (χ1) is 13.6. The molecule has 2 N–H and O–H groups in total. The largest absolute Gasteiger partial charge is 0.497 e. The lowest BCUT2D eigenvalue weighted by Gasteiger charge is -2.51. The van der Waals surface area contributed by atoms with Gasteiger partial charge in [-0.1, -0.05) is 49.7 Å². The molecule has 152 valence electrons. The van der Waals surface area contributed by atoms with E-state index in [2.05, 4.69) is 55.1 Å². The fourth-order valence-electron chi connectivity index (χ4n) is 4.10. The van der Waals surface area contributed by atoms with Crippen LogP contribution in [-0.4, -0.2) is 44.3 Å². The first-order valence-corrected chi connectivity index (χ1v) is 10.4. The Morgan fingerprint density at radius 2 is 1.82 bits per heavy atom. The molecule has 4 heteroatoms. The van der Waals surface area contributed by atoms with Crippen molar-refractivity contribution in [2.24, 2.45) is 5.73 Å². The number of hydrogen-bond donors (Lipinski definition) is 1. The van der Waals surface area contributed by atoms with Crippen molar-refractivity contribution in [3.8, 4) is 5.75 Å². The summed E-state index contributed by atoms with van der Waals surface area (Å²) in [5.41, 5.74) is 10.2. The summed E-state index contributed by atoms with van der Waals surface area (Å²) in [5.74, 6) is 0.882. The number of unbranched alkanes of at least 4 members (excludes halogenated alkanes) is 1. The van der Waals surface area contributed by atoms with Crippen LogP contribution in [-0.2, 0) is 16.8 Å². The lowest BCUT2D eigenvalue weighted by atomic mass is 9.82. The van der Waals surface area contributed by atoms with Gasteiger partial charge in [-0.25, -0.2) is 0 Å². The molecule has 0 radical (unpaired) electrons. The van der Waals surface area contributed by atoms with Gasteiger partial charge in [0.05, 0.1) is 7.11 Å². The van der Waals surface area contributed by atoms with Gasteiger partial charge in [0.15, 0.2) is 0 Å². The first kappa shape index (κ1) is 20.8. The monoisotopic (exact) mass is 382 g/mol. The molecule has 4 nitrogen and oxygen atoms in total. The molecular formula is C24H34N2O2. The minimum Gasteiger partial charge on any atom is -0.497 e. The molecular weight excluding hydrogens is 348 g/mol. The molecule has 1 saturated heterocycles. The van der Waals surface area contributed by atoms with Crippen molar-refractivity contribution in [3.05, 3.63) is 65.2 Å². The highest BCUT2D eigenvalue weighted by Crippen LogP contribution is 2.37. The third-order valence-corrected chi connectivity index (χ3v) is 5.62. The first-order valence-electron chi connectivity index (χ1n) is 10.4. The van der Waals surface area contributed by atoms with Gasteiger partial charge in [-0.2, -0.15) is 0 Å². The summed E-state index contributed by atoms with van der Waals surface area (Å²) in [4.78, 5) is 2.42. The minimum atomic E-state index is -0.180. The summed E-state index contributed by atoms with van der Waals surface area (Å²) < 4.78 is 11.7. The van der Waals surface area contributed by atoms with Crippen molar-refractivity contribution in [2.75, 3.05) is 33.4 Å². The summed E-state index contributed by atoms with van der Waals surface area (Å²) in [6, 6.07) is 16.9. The maximum absolute atomic E-state index is 6.45. The van der Waals surface area contributed by atoms with Gasteiger partial charge in [-0.15, -0.1) is 0 Å². The van der Waals surface area contributed by atoms with Gasteiger partial charge in [0.1, 0.15) is 11.4 Å². The smallest absolute Gasteiger partial charge is 0.119 e. The van der Waals surface area contributed by atoms with Gasteiger partial charge in [-0.3, -0.25) is 4.90 Å². The van der Waals surface area contributed by atoms with E-state index in [1.807, 2.05) is 12.1 Å². The van der Waals surface area contributed by atoms with Crippen LogP contribution in [0.3, 0.4) is 0 Å². The fraction of sp³-hybridized carbons (Fsp3) is 0.500. The van der Waals surface area contributed by atoms with Crippen molar-refractivity contribution >= 4 is 0 Å². The van der Waals surface area contributed by atoms with Gasteiger partial charge in [0.2, 0.25) is 0 Å². The van der Waals surface area contributed by atoms with E-state index in [1.54, 1.807) is 7.11 Å². The van der Waals surface area contributed by atoms with Gasteiger partial charge in [0.25, 0.3) is 0 Å². The summed E-state index contributed by atoms with van der Waals surface area (Å²) in [7, 11) is 1.69. The molecule has 28 heavy (non-hydrogen) atoms. The maximum atomic E-state index is 6.45. The number of ether oxygens (including phenoxy) is 2. The van der Waals surface area contributed by atoms with E-state index in [1.165, 1.54) is 16.7 Å². The highest BCUT2D eigenvalue weighted by molar-refractivity contribution is 5.34. The zero-order chi connectivity index (χ0) is 20.0. The second kappa shape index (κ2) is 9.55. The number of methoxy groups -OCH3 is 1. The average Bonchev–Trinajstić information content (AvgIpc) is 2.67. The van der Waals surface area contributed by atoms with E-state index in [4.69, 9.17) is 15.2 Å². The van der Waals surface area contributed by atoms with E-state index >= 15 is 0 Å². The number of nitrogens with zero attached hydrogens (tertiary/aromatic N) is 1. The second-order valence-corrected chi connectivity index (χ2v) is 7.99. The Hall–Kier alpha value is -1.88. The molecule has 0 spiro atoms. The average molecular weight is 383 g/mol. The SMILES string of the molecule is CCCCOC1(c2ccccc2C)CN(C[C@H](N)Cc2ccc(OC)cc2)C1. The van der Waals surface area contributed by atoms with Crippen LogP contribution in [0.15, 0.2) is 48.5 Å². The Kier molecular flexibility index (Phi) is 7.11. The number of rotatable bonds is 10. The fourth-order valence-corrected chi connectivity index (χ4v) is 4.10. The van der Waals surface area contributed by atoms with E-state index in [-0.39, 0.29) is 11.6 Å². The van der Waals surface area contributed by atoms with E-state index < -0.39 is 0 Å². The molecule has 2 aromatic carbocycles. The maximum Gasteiger partial charge on any atom is 0.119 e. The predicted molar refractivity (Wildman–Crippen MR) is 115 cm³/mol. The topological polar surface area (TPSA) is 47.7 Å². The van der Waals surface area contributed by atoms with Crippen molar-refractivity contribution in [1.82, 2.24) is 4.90 Å². The third kappa shape index (κ3) is 4.93. The lowest BCUT2D eigenvalue weighted by Crippen LogP contribution is -2.63. The molecule has 1 aliphatic heterocycles. The minimum absolute atomic E-state index is 0.110. The van der Waals surface area contributed by atoms with Crippen LogP contribution in [0.1, 0.15) is 36.5 Å². The van der Waals surface area contributed by atoms with E-state index in [0.29, 0.717) is 0 Å². The molecule has 0 aliphatic carbocycles. The highest BCUT2D eigenvalue weighted by Gasteiger charge is 2.46. The number of hydrogen-bond acceptors (Lipinski definition) is 4. The quantitative estimate of drug-likeness (QED) is 0.633. The second-order valence-electron chi connectivity index (χ2n) is 7.99. The molecule has 1 atom stereocenters. The van der Waals surface area contributed by atoms with Crippen LogP contribution in [0.4, 0.5) is 0 Å². The van der Waals surface area contributed by atoms with Crippen molar-refractivity contribution in [3.63, 3.8) is 0 Å². The molecule has 0 amide bonds. The predicted octanol–water partition coefficient (Wildman–Crippen LogP) is 3.90. The summed E-state index contributed by atoms with van der Waals surface area (Å²) in [5, 5.41) is 0. The lowest BCUT2D eigenvalue weighted by molar-refractivity contribution is -0.153. The van der Waals surface area contributed by atoms with E-state index in [9.17, 15) is 0 Å². The molecule has 3 rings (SSSR count). The summed E-state index contributed by atoms with van der Waals surface area (Å²) in [6.45, 7) is 7.91. The Bertz CT molecular complexity index is 739. The molecule has 0 unspecified atom stereocenters. The molecule has 1 aliphatic rings. The Labute approximate surface area is 169 Å². The number of benzene rings is 2. The van der Waals surface area contributed by atoms with Crippen LogP contribution in [0.2, 0.25) is 0 Å². The van der Waals surface area contributed by atoms with E-state index in [0.717, 1.165) is 51.3 Å². The Morgan fingerprint density at radius 1 is 1.11 bits per heavy atom.